The van der Waals surface area contributed by atoms with E-state index < -0.39 is 10.0 Å². The van der Waals surface area contributed by atoms with Gasteiger partial charge in [-0.1, -0.05) is 18.2 Å². The molecule has 2 aromatic rings. The minimum atomic E-state index is -3.95. The van der Waals surface area contributed by atoms with E-state index in [1.807, 2.05) is 4.90 Å². The summed E-state index contributed by atoms with van der Waals surface area (Å²) in [6, 6.07) is 11.5. The summed E-state index contributed by atoms with van der Waals surface area (Å²) in [4.78, 5) is 30.6. The first-order chi connectivity index (χ1) is 16.1. The van der Waals surface area contributed by atoms with E-state index in [9.17, 15) is 18.0 Å². The molecule has 0 bridgehead atoms. The van der Waals surface area contributed by atoms with E-state index in [1.165, 1.54) is 13.2 Å². The van der Waals surface area contributed by atoms with Gasteiger partial charge in [-0.3, -0.25) is 19.2 Å². The number of sulfonamides is 1. The number of para-hydroxylation sites is 2. The number of hydrogen-bond donors (Lipinski definition) is 1. The Balaban J connectivity index is 1.77. The average Bonchev–Trinajstić information content (AvgIpc) is 3.04. The van der Waals surface area contributed by atoms with Gasteiger partial charge in [-0.25, -0.2) is 8.42 Å². The summed E-state index contributed by atoms with van der Waals surface area (Å²) in [5, 5.41) is 0. The summed E-state index contributed by atoms with van der Waals surface area (Å²) >= 11 is 0. The maximum Gasteiger partial charge on any atom is 0.262 e. The lowest BCUT2D eigenvalue weighted by atomic mass is 10.1. The number of nitrogens with zero attached hydrogens (tertiary/aromatic N) is 3. The Morgan fingerprint density at radius 2 is 1.79 bits per heavy atom. The van der Waals surface area contributed by atoms with Gasteiger partial charge in [-0.15, -0.1) is 0 Å². The van der Waals surface area contributed by atoms with E-state index in [0.717, 1.165) is 13.0 Å². The number of amides is 2. The summed E-state index contributed by atoms with van der Waals surface area (Å²) in [7, 11) is 0.964. The molecule has 9 nitrogen and oxygen atoms in total. The van der Waals surface area contributed by atoms with Crippen LogP contribution in [-0.4, -0.2) is 88.9 Å². The zero-order chi connectivity index (χ0) is 24.9. The van der Waals surface area contributed by atoms with Crippen molar-refractivity contribution in [2.45, 2.75) is 18.2 Å². The van der Waals surface area contributed by atoms with Gasteiger partial charge in [0.1, 0.15) is 5.75 Å². The Labute approximate surface area is 201 Å². The molecule has 10 heteroatoms. The molecular weight excluding hydrogens is 456 g/mol. The Hall–Kier alpha value is -3.11. The number of ether oxygens (including phenoxy) is 1. The fourth-order valence-corrected chi connectivity index (χ4v) is 5.14. The number of nitrogens with one attached hydrogen (secondary N) is 1. The highest BCUT2D eigenvalue weighted by molar-refractivity contribution is 7.92. The van der Waals surface area contributed by atoms with Crippen LogP contribution in [0.2, 0.25) is 0 Å². The molecule has 1 heterocycles. The molecule has 34 heavy (non-hydrogen) atoms. The molecule has 1 N–H and O–H groups in total. The summed E-state index contributed by atoms with van der Waals surface area (Å²) in [6.45, 7) is 4.32. The van der Waals surface area contributed by atoms with Crippen LogP contribution < -0.4 is 9.46 Å². The van der Waals surface area contributed by atoms with Crippen molar-refractivity contribution in [3.05, 3.63) is 53.6 Å². The summed E-state index contributed by atoms with van der Waals surface area (Å²) in [6.07, 6.45) is 0.735. The Morgan fingerprint density at radius 3 is 2.50 bits per heavy atom. The summed E-state index contributed by atoms with van der Waals surface area (Å²) < 4.78 is 34.1. The second-order valence-corrected chi connectivity index (χ2v) is 10.1. The van der Waals surface area contributed by atoms with Crippen molar-refractivity contribution < 1.29 is 22.7 Å². The molecule has 2 aromatic carbocycles. The third kappa shape index (κ3) is 6.06. The van der Waals surface area contributed by atoms with E-state index >= 15 is 0 Å². The van der Waals surface area contributed by atoms with E-state index in [4.69, 9.17) is 4.74 Å². The largest absolute Gasteiger partial charge is 0.495 e. The molecule has 184 valence electrons. The number of aryl methyl sites for hydroxylation is 1. The molecule has 0 radical (unpaired) electrons. The van der Waals surface area contributed by atoms with Gasteiger partial charge in [0.15, 0.2) is 0 Å². The van der Waals surface area contributed by atoms with Crippen molar-refractivity contribution in [2.24, 2.45) is 0 Å². The monoisotopic (exact) mass is 488 g/mol. The maximum absolute atomic E-state index is 13.2. The predicted molar refractivity (Wildman–Crippen MR) is 131 cm³/mol. The number of methoxy groups -OCH3 is 1. The fraction of sp³-hybridized carbons (Fsp3) is 0.417. The van der Waals surface area contributed by atoms with Crippen LogP contribution in [0.1, 0.15) is 22.3 Å². The number of rotatable bonds is 7. The molecule has 2 amide bonds. The highest BCUT2D eigenvalue weighted by Crippen LogP contribution is 2.27. The summed E-state index contributed by atoms with van der Waals surface area (Å²) in [5.74, 6) is 0.197. The molecule has 0 atom stereocenters. The minimum absolute atomic E-state index is 0.0238. The average molecular weight is 489 g/mol. The van der Waals surface area contributed by atoms with Crippen LogP contribution in [0.15, 0.2) is 47.4 Å². The van der Waals surface area contributed by atoms with Crippen LogP contribution in [0, 0.1) is 6.92 Å². The number of carbonyl (C=O) groups is 2. The van der Waals surface area contributed by atoms with Crippen molar-refractivity contribution in [1.82, 2.24) is 14.7 Å². The summed E-state index contributed by atoms with van der Waals surface area (Å²) in [5.41, 5.74) is 1.16. The molecule has 0 saturated carbocycles. The molecule has 0 aromatic heterocycles. The number of hydrogen-bond acceptors (Lipinski definition) is 6. The first-order valence-corrected chi connectivity index (χ1v) is 12.6. The molecular formula is C24H32N4O5S. The molecule has 1 aliphatic heterocycles. The van der Waals surface area contributed by atoms with Crippen molar-refractivity contribution in [3.8, 4) is 5.75 Å². The quantitative estimate of drug-likeness (QED) is 0.640. The van der Waals surface area contributed by atoms with Gasteiger partial charge in [0.2, 0.25) is 5.91 Å². The highest BCUT2D eigenvalue weighted by atomic mass is 32.2. The second kappa shape index (κ2) is 10.9. The second-order valence-electron chi connectivity index (χ2n) is 8.50. The smallest absolute Gasteiger partial charge is 0.262 e. The van der Waals surface area contributed by atoms with Crippen molar-refractivity contribution in [1.29, 1.82) is 0 Å². The Kier molecular flexibility index (Phi) is 8.16. The fourth-order valence-electron chi connectivity index (χ4n) is 3.80. The maximum atomic E-state index is 13.2. The number of anilines is 1. The number of benzene rings is 2. The van der Waals surface area contributed by atoms with E-state index in [2.05, 4.69) is 4.72 Å². The Bertz CT molecular complexity index is 1150. The van der Waals surface area contributed by atoms with Crippen LogP contribution in [-0.2, 0) is 14.8 Å². The van der Waals surface area contributed by atoms with Gasteiger partial charge in [0.25, 0.3) is 15.9 Å². The van der Waals surface area contributed by atoms with Gasteiger partial charge in [0, 0.05) is 45.8 Å². The standard InChI is InChI=1S/C24H32N4O5S/c1-18-10-11-19(16-22(18)34(31,32)25-20-8-5-6-9-21(20)33-4)24(30)28-13-7-12-27(14-15-28)17-23(29)26(2)3/h5-6,8-11,16,25H,7,12-15,17H2,1-4H3. The van der Waals surface area contributed by atoms with Gasteiger partial charge in [-0.2, -0.15) is 0 Å². The minimum Gasteiger partial charge on any atom is -0.495 e. The third-order valence-corrected chi connectivity index (χ3v) is 7.32. The zero-order valence-corrected chi connectivity index (χ0v) is 20.9. The molecule has 1 fully saturated rings. The van der Waals surface area contributed by atoms with E-state index in [-0.39, 0.29) is 16.7 Å². The molecule has 0 spiro atoms. The van der Waals surface area contributed by atoms with E-state index in [1.54, 1.807) is 67.2 Å². The van der Waals surface area contributed by atoms with Crippen LogP contribution in [0.3, 0.4) is 0 Å². The van der Waals surface area contributed by atoms with Gasteiger partial charge in [0.05, 0.1) is 24.2 Å². The third-order valence-electron chi connectivity index (χ3n) is 5.81. The topological polar surface area (TPSA) is 99.3 Å². The van der Waals surface area contributed by atoms with Crippen molar-refractivity contribution in [2.75, 3.05) is 58.7 Å². The lowest BCUT2D eigenvalue weighted by molar-refractivity contribution is -0.129. The van der Waals surface area contributed by atoms with Crippen molar-refractivity contribution >= 4 is 27.5 Å². The van der Waals surface area contributed by atoms with Crippen LogP contribution in [0.4, 0.5) is 5.69 Å². The van der Waals surface area contributed by atoms with Crippen LogP contribution >= 0.6 is 0 Å². The Morgan fingerprint density at radius 1 is 1.06 bits per heavy atom. The first kappa shape index (κ1) is 25.5. The normalized spacial score (nSPS) is 14.9. The molecule has 1 saturated heterocycles. The molecule has 3 rings (SSSR count). The highest BCUT2D eigenvalue weighted by Gasteiger charge is 2.25. The van der Waals surface area contributed by atoms with Crippen LogP contribution in [0.25, 0.3) is 0 Å². The first-order valence-electron chi connectivity index (χ1n) is 11.1. The molecule has 1 aliphatic rings. The zero-order valence-electron chi connectivity index (χ0n) is 20.1. The van der Waals surface area contributed by atoms with E-state index in [0.29, 0.717) is 48.7 Å². The molecule has 0 unspecified atom stereocenters. The SMILES string of the molecule is COc1ccccc1NS(=O)(=O)c1cc(C(=O)N2CCCN(CC(=O)N(C)C)CC2)ccc1C. The van der Waals surface area contributed by atoms with Gasteiger partial charge < -0.3 is 14.5 Å². The van der Waals surface area contributed by atoms with Crippen molar-refractivity contribution in [3.63, 3.8) is 0 Å². The predicted octanol–water partition coefficient (Wildman–Crippen LogP) is 2.04. The number of carbonyl (C=O) groups excluding carboxylic acids is 2. The lowest BCUT2D eigenvalue weighted by Gasteiger charge is -2.23. The molecule has 0 aliphatic carbocycles. The van der Waals surface area contributed by atoms with Gasteiger partial charge >= 0.3 is 0 Å². The van der Waals surface area contributed by atoms with Crippen LogP contribution in [0.5, 0.6) is 5.75 Å². The number of likely N-dealkylation sites (N-methyl/N-ethyl adjacent to an activating group) is 1. The lowest BCUT2D eigenvalue weighted by Crippen LogP contribution is -2.39. The van der Waals surface area contributed by atoms with Gasteiger partial charge in [-0.05, 0) is 43.2 Å².